The summed E-state index contributed by atoms with van der Waals surface area (Å²) in [4.78, 5) is 23.2. The molecule has 0 aliphatic heterocycles. The van der Waals surface area contributed by atoms with Gasteiger partial charge in [0.2, 0.25) is 0 Å². The third-order valence-corrected chi connectivity index (χ3v) is 4.04. The average molecular weight is 421 g/mol. The van der Waals surface area contributed by atoms with Crippen molar-refractivity contribution in [2.24, 2.45) is 0 Å². The Hall–Kier alpha value is -3.19. The Morgan fingerprint density at radius 1 is 1.03 bits per heavy atom. The largest absolute Gasteiger partial charge is 0.493 e. The molecule has 154 valence electrons. The van der Waals surface area contributed by atoms with Gasteiger partial charge >= 0.3 is 5.97 Å². The summed E-state index contributed by atoms with van der Waals surface area (Å²) in [6.45, 7) is 1.77. The minimum absolute atomic E-state index is 0.235. The van der Waals surface area contributed by atoms with E-state index in [0.717, 1.165) is 0 Å². The number of carbonyl (C=O) groups is 2. The van der Waals surface area contributed by atoms with Gasteiger partial charge in [-0.05, 0) is 48.9 Å². The number of carboxylic acids is 1. The predicted octanol–water partition coefficient (Wildman–Crippen LogP) is 4.12. The van der Waals surface area contributed by atoms with E-state index in [4.69, 9.17) is 35.7 Å². The van der Waals surface area contributed by atoms with Crippen LogP contribution in [0, 0.1) is 0 Å². The number of carboxylic acid groups (broad SMARTS) is 1. The molecule has 0 radical (unpaired) electrons. The lowest BCUT2D eigenvalue weighted by molar-refractivity contribution is -0.139. The van der Waals surface area contributed by atoms with Gasteiger partial charge in [0.05, 0.1) is 25.8 Å². The van der Waals surface area contributed by atoms with Crippen LogP contribution in [0.4, 0.5) is 0 Å². The van der Waals surface area contributed by atoms with Gasteiger partial charge in [0.15, 0.2) is 35.4 Å². The smallest absolute Gasteiger partial charge is 0.341 e. The normalized spacial score (nSPS) is 10.6. The zero-order chi connectivity index (χ0) is 21.4. The lowest BCUT2D eigenvalue weighted by Crippen LogP contribution is -2.10. The van der Waals surface area contributed by atoms with Crippen LogP contribution in [0.3, 0.4) is 0 Å². The Bertz CT molecular complexity index is 921. The molecule has 29 heavy (non-hydrogen) atoms. The van der Waals surface area contributed by atoms with Gasteiger partial charge in [-0.2, -0.15) is 0 Å². The number of methoxy groups -OCH3 is 2. The van der Waals surface area contributed by atoms with E-state index in [-0.39, 0.29) is 17.3 Å². The minimum Gasteiger partial charge on any atom is -0.493 e. The van der Waals surface area contributed by atoms with Crippen molar-refractivity contribution >= 4 is 29.4 Å². The van der Waals surface area contributed by atoms with Crippen molar-refractivity contribution in [3.63, 3.8) is 0 Å². The number of carbonyl (C=O) groups excluding carboxylic acids is 1. The highest BCUT2D eigenvalue weighted by Gasteiger charge is 2.12. The molecular formula is C21H21ClO7. The van der Waals surface area contributed by atoms with Crippen molar-refractivity contribution in [2.45, 2.75) is 6.92 Å². The highest BCUT2D eigenvalue weighted by atomic mass is 35.5. The lowest BCUT2D eigenvalue weighted by Gasteiger charge is -2.12. The first kappa shape index (κ1) is 22.1. The Kier molecular flexibility index (Phi) is 7.91. The maximum atomic E-state index is 12.5. The standard InChI is InChI=1S/C21H21ClO7/c1-4-28-19-10-13(9-15(22)21(19)27-3)5-7-16(23)14-6-8-17(18(11-14)26-2)29-12-20(24)25/h5-11H,4,12H2,1-3H3,(H,24,25). The van der Waals surface area contributed by atoms with Crippen molar-refractivity contribution in [1.82, 2.24) is 0 Å². The van der Waals surface area contributed by atoms with E-state index in [1.54, 1.807) is 18.2 Å². The Labute approximate surface area is 173 Å². The SMILES string of the molecule is CCOc1cc(C=CC(=O)c2ccc(OCC(=O)O)c(OC)c2)cc(Cl)c1OC. The molecule has 0 aromatic heterocycles. The van der Waals surface area contributed by atoms with E-state index in [1.807, 2.05) is 6.92 Å². The third kappa shape index (κ3) is 5.89. The molecule has 7 nitrogen and oxygen atoms in total. The second-order valence-electron chi connectivity index (χ2n) is 5.71. The van der Waals surface area contributed by atoms with Crippen LogP contribution in [-0.4, -0.2) is 44.3 Å². The number of ketones is 1. The van der Waals surface area contributed by atoms with Crippen LogP contribution in [0.2, 0.25) is 5.02 Å². The summed E-state index contributed by atoms with van der Waals surface area (Å²) in [5.41, 5.74) is 1.02. The minimum atomic E-state index is -1.11. The molecule has 2 aromatic rings. The molecule has 1 N–H and O–H groups in total. The van der Waals surface area contributed by atoms with Crippen LogP contribution in [-0.2, 0) is 4.79 Å². The summed E-state index contributed by atoms with van der Waals surface area (Å²) in [7, 11) is 2.90. The summed E-state index contributed by atoms with van der Waals surface area (Å²) in [5, 5.41) is 9.08. The molecule has 0 unspecified atom stereocenters. The molecular weight excluding hydrogens is 400 g/mol. The van der Waals surface area contributed by atoms with Gasteiger partial charge in [-0.3, -0.25) is 4.79 Å². The summed E-state index contributed by atoms with van der Waals surface area (Å²) in [6.07, 6.45) is 3.00. The molecule has 8 heteroatoms. The fourth-order valence-corrected chi connectivity index (χ4v) is 2.79. The van der Waals surface area contributed by atoms with Gasteiger partial charge in [0.1, 0.15) is 0 Å². The molecule has 2 aromatic carbocycles. The van der Waals surface area contributed by atoms with Crippen LogP contribution in [0.15, 0.2) is 36.4 Å². The third-order valence-electron chi connectivity index (χ3n) is 3.76. The monoisotopic (exact) mass is 420 g/mol. The lowest BCUT2D eigenvalue weighted by atomic mass is 10.1. The number of aliphatic carboxylic acids is 1. The summed E-state index contributed by atoms with van der Waals surface area (Å²) in [6, 6.07) is 7.88. The number of ether oxygens (including phenoxy) is 4. The van der Waals surface area contributed by atoms with Gasteiger partial charge in [0, 0.05) is 5.56 Å². The van der Waals surface area contributed by atoms with Gasteiger partial charge in [-0.15, -0.1) is 0 Å². The van der Waals surface area contributed by atoms with Crippen LogP contribution in [0.25, 0.3) is 6.08 Å². The highest BCUT2D eigenvalue weighted by molar-refractivity contribution is 6.32. The number of rotatable bonds is 10. The van der Waals surface area contributed by atoms with Crippen LogP contribution < -0.4 is 18.9 Å². The topological polar surface area (TPSA) is 91.3 Å². The van der Waals surface area contributed by atoms with Gasteiger partial charge in [0.25, 0.3) is 0 Å². The van der Waals surface area contributed by atoms with E-state index < -0.39 is 12.6 Å². The molecule has 0 saturated carbocycles. The van der Waals surface area contributed by atoms with Crippen LogP contribution in [0.5, 0.6) is 23.0 Å². The molecule has 0 spiro atoms. The Balaban J connectivity index is 2.23. The number of halogens is 1. The zero-order valence-electron chi connectivity index (χ0n) is 16.2. The Morgan fingerprint density at radius 2 is 1.79 bits per heavy atom. The molecule has 0 bridgehead atoms. The van der Waals surface area contributed by atoms with Crippen molar-refractivity contribution in [2.75, 3.05) is 27.4 Å². The zero-order valence-corrected chi connectivity index (χ0v) is 17.0. The molecule has 0 amide bonds. The van der Waals surface area contributed by atoms with Gasteiger partial charge < -0.3 is 24.1 Å². The fourth-order valence-electron chi connectivity index (χ4n) is 2.49. The van der Waals surface area contributed by atoms with Crippen LogP contribution >= 0.6 is 11.6 Å². The maximum Gasteiger partial charge on any atom is 0.341 e. The van der Waals surface area contributed by atoms with E-state index >= 15 is 0 Å². The van der Waals surface area contributed by atoms with E-state index in [1.165, 1.54) is 38.5 Å². The van der Waals surface area contributed by atoms with Crippen LogP contribution in [0.1, 0.15) is 22.8 Å². The molecule has 0 aliphatic carbocycles. The first-order valence-electron chi connectivity index (χ1n) is 8.65. The molecule has 0 fully saturated rings. The van der Waals surface area contributed by atoms with Crippen molar-refractivity contribution in [3.05, 3.63) is 52.6 Å². The van der Waals surface area contributed by atoms with E-state index in [9.17, 15) is 9.59 Å². The van der Waals surface area contributed by atoms with E-state index in [0.29, 0.717) is 34.3 Å². The number of hydrogen-bond acceptors (Lipinski definition) is 6. The average Bonchev–Trinajstić information content (AvgIpc) is 2.70. The maximum absolute atomic E-state index is 12.5. The van der Waals surface area contributed by atoms with Crippen molar-refractivity contribution in [3.8, 4) is 23.0 Å². The summed E-state index contributed by atoms with van der Waals surface area (Å²) < 4.78 is 21.1. The highest BCUT2D eigenvalue weighted by Crippen LogP contribution is 2.36. The summed E-state index contributed by atoms with van der Waals surface area (Å²) >= 11 is 6.22. The Morgan fingerprint density at radius 3 is 2.41 bits per heavy atom. The first-order chi connectivity index (χ1) is 13.9. The number of allylic oxidation sites excluding steroid dienone is 1. The van der Waals surface area contributed by atoms with Gasteiger partial charge in [-0.1, -0.05) is 17.7 Å². The second kappa shape index (κ2) is 10.4. The van der Waals surface area contributed by atoms with E-state index in [2.05, 4.69) is 0 Å². The molecule has 0 heterocycles. The number of benzene rings is 2. The number of hydrogen-bond donors (Lipinski definition) is 1. The molecule has 0 saturated heterocycles. The fraction of sp³-hybridized carbons (Fsp3) is 0.238. The van der Waals surface area contributed by atoms with Crippen molar-refractivity contribution < 1.29 is 33.6 Å². The quantitative estimate of drug-likeness (QED) is 0.456. The molecule has 0 atom stereocenters. The van der Waals surface area contributed by atoms with Crippen molar-refractivity contribution in [1.29, 1.82) is 0 Å². The second-order valence-corrected chi connectivity index (χ2v) is 6.12. The predicted molar refractivity (Wildman–Crippen MR) is 109 cm³/mol. The summed E-state index contributed by atoms with van der Waals surface area (Å²) in [5.74, 6) is 0.0166. The first-order valence-corrected chi connectivity index (χ1v) is 9.02. The molecule has 0 aliphatic rings. The van der Waals surface area contributed by atoms with Gasteiger partial charge in [-0.25, -0.2) is 4.79 Å². The molecule has 2 rings (SSSR count).